The number of hydrogen-bond donors (Lipinski definition) is 2. The third-order valence-corrected chi connectivity index (χ3v) is 4.39. The minimum absolute atomic E-state index is 0.272. The van der Waals surface area contributed by atoms with E-state index in [-0.39, 0.29) is 11.6 Å². The maximum atomic E-state index is 13.1. The molecule has 0 aliphatic heterocycles. The van der Waals surface area contributed by atoms with Crippen molar-refractivity contribution >= 4 is 44.5 Å². The number of nitrogens with two attached hydrogens (primary N) is 1. The van der Waals surface area contributed by atoms with Gasteiger partial charge in [0.25, 0.3) is 5.91 Å². The Bertz CT molecular complexity index is 572. The summed E-state index contributed by atoms with van der Waals surface area (Å²) in [6, 6.07) is 5.70. The minimum Gasteiger partial charge on any atom is -0.399 e. The molecule has 2 rings (SSSR count). The fourth-order valence-electron chi connectivity index (χ4n) is 1.45. The number of carbonyl (C=O) groups is 1. The number of anilines is 2. The van der Waals surface area contributed by atoms with Crippen molar-refractivity contribution in [2.75, 3.05) is 11.1 Å². The monoisotopic (exact) mass is 328 g/mol. The Morgan fingerprint density at radius 3 is 2.67 bits per heavy atom. The number of rotatable bonds is 2. The first kappa shape index (κ1) is 13.0. The van der Waals surface area contributed by atoms with Gasteiger partial charge in [0.05, 0.1) is 8.66 Å². The summed E-state index contributed by atoms with van der Waals surface area (Å²) >= 11 is 4.68. The highest BCUT2D eigenvalue weighted by Crippen LogP contribution is 2.28. The molecule has 0 radical (unpaired) electrons. The third-order valence-electron chi connectivity index (χ3n) is 2.26. The Kier molecular flexibility index (Phi) is 3.68. The molecule has 3 N–H and O–H groups in total. The smallest absolute Gasteiger partial charge is 0.265 e. The largest absolute Gasteiger partial charge is 0.399 e. The molecule has 18 heavy (non-hydrogen) atoms. The Hall–Kier alpha value is -1.40. The summed E-state index contributed by atoms with van der Waals surface area (Å²) in [4.78, 5) is 12.5. The number of halogens is 2. The van der Waals surface area contributed by atoms with E-state index in [2.05, 4.69) is 21.2 Å². The van der Waals surface area contributed by atoms with Crippen LogP contribution in [-0.4, -0.2) is 5.91 Å². The van der Waals surface area contributed by atoms with E-state index < -0.39 is 5.82 Å². The molecule has 2 aromatic rings. The van der Waals surface area contributed by atoms with E-state index in [0.717, 1.165) is 9.35 Å². The van der Waals surface area contributed by atoms with Crippen LogP contribution in [0.15, 0.2) is 28.1 Å². The molecule has 0 saturated heterocycles. The zero-order valence-corrected chi connectivity index (χ0v) is 11.9. The molecule has 1 aromatic carbocycles. The number of nitrogens with one attached hydrogen (secondary N) is 1. The van der Waals surface area contributed by atoms with Crippen molar-refractivity contribution in [1.29, 1.82) is 0 Å². The zero-order valence-electron chi connectivity index (χ0n) is 9.46. The third kappa shape index (κ3) is 2.88. The maximum Gasteiger partial charge on any atom is 0.265 e. The molecule has 1 aromatic heterocycles. The van der Waals surface area contributed by atoms with Crippen LogP contribution in [0.4, 0.5) is 15.8 Å². The number of hydrogen-bond acceptors (Lipinski definition) is 3. The normalized spacial score (nSPS) is 10.4. The van der Waals surface area contributed by atoms with Gasteiger partial charge in [-0.25, -0.2) is 4.39 Å². The molecule has 0 aliphatic rings. The van der Waals surface area contributed by atoms with Gasteiger partial charge >= 0.3 is 0 Å². The predicted molar refractivity (Wildman–Crippen MR) is 75.5 cm³/mol. The first-order chi connectivity index (χ1) is 8.45. The van der Waals surface area contributed by atoms with Gasteiger partial charge in [0.15, 0.2) is 0 Å². The predicted octanol–water partition coefficient (Wildman–Crippen LogP) is 3.79. The lowest BCUT2D eigenvalue weighted by Crippen LogP contribution is -2.10. The van der Waals surface area contributed by atoms with Crippen molar-refractivity contribution in [3.8, 4) is 0 Å². The summed E-state index contributed by atoms with van der Waals surface area (Å²) < 4.78 is 14.0. The van der Waals surface area contributed by atoms with Gasteiger partial charge in [-0.15, -0.1) is 11.3 Å². The average Bonchev–Trinajstić information content (AvgIpc) is 2.57. The van der Waals surface area contributed by atoms with Crippen LogP contribution >= 0.6 is 27.3 Å². The van der Waals surface area contributed by atoms with E-state index in [4.69, 9.17) is 5.73 Å². The van der Waals surface area contributed by atoms with Crippen LogP contribution in [0.25, 0.3) is 0 Å². The standard InChI is InChI=1S/C12H10BrFN2OS/c1-6-2-10(18-11(6)13)12(17)16-9-4-7(14)3-8(15)5-9/h2-5H,15H2,1H3,(H,16,17). The summed E-state index contributed by atoms with van der Waals surface area (Å²) in [5, 5.41) is 2.61. The molecule has 0 saturated carbocycles. The van der Waals surface area contributed by atoms with E-state index in [0.29, 0.717) is 10.6 Å². The van der Waals surface area contributed by atoms with Crippen LogP contribution in [0.3, 0.4) is 0 Å². The minimum atomic E-state index is -0.478. The molecule has 3 nitrogen and oxygen atoms in total. The molecular formula is C12H10BrFN2OS. The Morgan fingerprint density at radius 1 is 1.39 bits per heavy atom. The van der Waals surface area contributed by atoms with Crippen molar-refractivity contribution in [3.05, 3.63) is 44.3 Å². The van der Waals surface area contributed by atoms with E-state index in [1.807, 2.05) is 6.92 Å². The highest BCUT2D eigenvalue weighted by Gasteiger charge is 2.12. The number of benzene rings is 1. The van der Waals surface area contributed by atoms with E-state index in [1.165, 1.54) is 29.5 Å². The van der Waals surface area contributed by atoms with Crippen LogP contribution in [0.2, 0.25) is 0 Å². The molecule has 0 unspecified atom stereocenters. The number of aryl methyl sites for hydroxylation is 1. The molecule has 0 atom stereocenters. The highest BCUT2D eigenvalue weighted by atomic mass is 79.9. The lowest BCUT2D eigenvalue weighted by molar-refractivity contribution is 0.103. The molecule has 1 heterocycles. The topological polar surface area (TPSA) is 55.1 Å². The Labute approximate surface area is 116 Å². The Morgan fingerprint density at radius 2 is 2.11 bits per heavy atom. The first-order valence-corrected chi connectivity index (χ1v) is 6.70. The van der Waals surface area contributed by atoms with Crippen LogP contribution in [0.5, 0.6) is 0 Å². The number of carbonyl (C=O) groups excluding carboxylic acids is 1. The summed E-state index contributed by atoms with van der Waals surface area (Å²) in [5.41, 5.74) is 7.11. The second kappa shape index (κ2) is 5.07. The van der Waals surface area contributed by atoms with Gasteiger partial charge in [0.1, 0.15) is 5.82 Å². The molecule has 94 valence electrons. The highest BCUT2D eigenvalue weighted by molar-refractivity contribution is 9.11. The quantitative estimate of drug-likeness (QED) is 0.824. The summed E-state index contributed by atoms with van der Waals surface area (Å²) in [6.45, 7) is 1.90. The fourth-order valence-corrected chi connectivity index (χ4v) is 2.88. The van der Waals surface area contributed by atoms with Gasteiger partial charge in [-0.2, -0.15) is 0 Å². The SMILES string of the molecule is Cc1cc(C(=O)Nc2cc(N)cc(F)c2)sc1Br. The molecule has 0 spiro atoms. The second-order valence-corrected chi connectivity index (χ2v) is 6.16. The zero-order chi connectivity index (χ0) is 13.3. The molecule has 0 aliphatic carbocycles. The second-order valence-electron chi connectivity index (χ2n) is 3.79. The number of amides is 1. The summed E-state index contributed by atoms with van der Waals surface area (Å²) in [7, 11) is 0. The van der Waals surface area contributed by atoms with Crippen LogP contribution in [0, 0.1) is 12.7 Å². The summed E-state index contributed by atoms with van der Waals surface area (Å²) in [6.07, 6.45) is 0. The van der Waals surface area contributed by atoms with Gasteiger partial charge in [-0.1, -0.05) is 0 Å². The van der Waals surface area contributed by atoms with Crippen LogP contribution in [-0.2, 0) is 0 Å². The average molecular weight is 329 g/mol. The number of nitrogen functional groups attached to an aromatic ring is 1. The lowest BCUT2D eigenvalue weighted by Gasteiger charge is -2.04. The van der Waals surface area contributed by atoms with Crippen molar-refractivity contribution in [2.24, 2.45) is 0 Å². The molecule has 6 heteroatoms. The van der Waals surface area contributed by atoms with E-state index in [9.17, 15) is 9.18 Å². The van der Waals surface area contributed by atoms with E-state index >= 15 is 0 Å². The molecule has 1 amide bonds. The van der Waals surface area contributed by atoms with Gasteiger partial charge in [-0.05, 0) is 52.7 Å². The number of thiophene rings is 1. The van der Waals surface area contributed by atoms with Crippen molar-refractivity contribution < 1.29 is 9.18 Å². The summed E-state index contributed by atoms with van der Waals surface area (Å²) in [5.74, 6) is -0.757. The van der Waals surface area contributed by atoms with Gasteiger partial charge in [0, 0.05) is 11.4 Å². The van der Waals surface area contributed by atoms with Crippen molar-refractivity contribution in [1.82, 2.24) is 0 Å². The van der Waals surface area contributed by atoms with Crippen LogP contribution in [0.1, 0.15) is 15.2 Å². The maximum absolute atomic E-state index is 13.1. The first-order valence-electron chi connectivity index (χ1n) is 5.09. The van der Waals surface area contributed by atoms with Crippen molar-refractivity contribution in [2.45, 2.75) is 6.92 Å². The molecule has 0 bridgehead atoms. The van der Waals surface area contributed by atoms with E-state index in [1.54, 1.807) is 6.07 Å². The molecule has 0 fully saturated rings. The lowest BCUT2D eigenvalue weighted by atomic mass is 10.2. The van der Waals surface area contributed by atoms with Gasteiger partial charge in [0.2, 0.25) is 0 Å². The van der Waals surface area contributed by atoms with Crippen LogP contribution < -0.4 is 11.1 Å². The fraction of sp³-hybridized carbons (Fsp3) is 0.0833. The molecular weight excluding hydrogens is 319 g/mol. The van der Waals surface area contributed by atoms with Gasteiger partial charge in [-0.3, -0.25) is 4.79 Å². The van der Waals surface area contributed by atoms with Gasteiger partial charge < -0.3 is 11.1 Å². The Balaban J connectivity index is 2.21. The van der Waals surface area contributed by atoms with Crippen molar-refractivity contribution in [3.63, 3.8) is 0 Å².